The van der Waals surface area contributed by atoms with Crippen molar-refractivity contribution in [2.75, 3.05) is 18.8 Å². The molecule has 3 rings (SSSR count). The minimum Gasteiger partial charge on any atom is -0.273 e. The number of imide groups is 1. The van der Waals surface area contributed by atoms with Gasteiger partial charge in [-0.05, 0) is 31.0 Å². The highest BCUT2D eigenvalue weighted by Crippen LogP contribution is 2.22. The molecule has 1 N–H and O–H groups in total. The molecule has 0 saturated carbocycles. The Morgan fingerprint density at radius 2 is 1.62 bits per heavy atom. The van der Waals surface area contributed by atoms with Crippen molar-refractivity contribution in [3.8, 4) is 0 Å². The summed E-state index contributed by atoms with van der Waals surface area (Å²) in [7, 11) is -3.58. The van der Waals surface area contributed by atoms with Crippen LogP contribution in [0.15, 0.2) is 48.5 Å². The predicted octanol–water partition coefficient (Wildman–Crippen LogP) is 1.75. The second-order valence-corrected chi connectivity index (χ2v) is 8.19. The van der Waals surface area contributed by atoms with E-state index in [0.29, 0.717) is 17.5 Å². The fraction of sp³-hybridized carbons (Fsp3) is 0.263. The van der Waals surface area contributed by atoms with Gasteiger partial charge in [-0.2, -0.15) is 0 Å². The van der Waals surface area contributed by atoms with Gasteiger partial charge in [0.05, 0.1) is 16.9 Å². The van der Waals surface area contributed by atoms with Gasteiger partial charge in [-0.25, -0.2) is 13.1 Å². The second kappa shape index (κ2) is 7.39. The normalized spacial score (nSPS) is 14.0. The van der Waals surface area contributed by atoms with E-state index in [9.17, 15) is 18.0 Å². The summed E-state index contributed by atoms with van der Waals surface area (Å²) in [5, 5.41) is 0. The third kappa shape index (κ3) is 4.00. The number of carbonyl (C=O) groups excluding carboxylic acids is 2. The minimum atomic E-state index is -3.58. The first-order valence-electron chi connectivity index (χ1n) is 8.35. The highest BCUT2D eigenvalue weighted by Gasteiger charge is 2.35. The molecule has 1 aliphatic rings. The molecule has 26 heavy (non-hydrogen) atoms. The molecule has 1 heterocycles. The van der Waals surface area contributed by atoms with E-state index in [2.05, 4.69) is 4.72 Å². The van der Waals surface area contributed by atoms with Gasteiger partial charge in [0.15, 0.2) is 0 Å². The van der Waals surface area contributed by atoms with Crippen molar-refractivity contribution < 1.29 is 18.0 Å². The maximum absolute atomic E-state index is 12.2. The Bertz CT molecular complexity index is 919. The van der Waals surface area contributed by atoms with Crippen LogP contribution in [-0.4, -0.2) is 44.0 Å². The fourth-order valence-electron chi connectivity index (χ4n) is 2.94. The molecule has 0 unspecified atom stereocenters. The molecule has 0 aliphatic carbocycles. The number of fused-ring (bicyclic) bond motifs is 1. The first-order valence-corrected chi connectivity index (χ1v) is 10.0. The van der Waals surface area contributed by atoms with E-state index in [0.717, 1.165) is 16.0 Å². The van der Waals surface area contributed by atoms with E-state index < -0.39 is 21.8 Å². The van der Waals surface area contributed by atoms with Crippen molar-refractivity contribution in [1.82, 2.24) is 9.62 Å². The summed E-state index contributed by atoms with van der Waals surface area (Å²) in [5.74, 6) is -1.20. The Hall–Kier alpha value is -2.51. The number of sulfonamides is 1. The molecule has 6 nitrogen and oxygen atoms in total. The van der Waals surface area contributed by atoms with Crippen LogP contribution in [0.1, 0.15) is 31.8 Å². The van der Waals surface area contributed by atoms with E-state index in [1.54, 1.807) is 24.3 Å². The summed E-state index contributed by atoms with van der Waals surface area (Å²) in [6, 6.07) is 14.4. The van der Waals surface area contributed by atoms with Crippen LogP contribution < -0.4 is 4.72 Å². The molecule has 2 aromatic rings. The van der Waals surface area contributed by atoms with Crippen LogP contribution >= 0.6 is 0 Å². The lowest BCUT2D eigenvalue weighted by Crippen LogP contribution is -2.38. The SMILES string of the molecule is Cc1cccc(CCNS(=O)(=O)CCN2C(=O)c3ccccc3C2=O)c1. The lowest BCUT2D eigenvalue weighted by molar-refractivity contribution is 0.0664. The Balaban J connectivity index is 1.54. The number of carbonyl (C=O) groups is 2. The van der Waals surface area contributed by atoms with Crippen molar-refractivity contribution in [2.24, 2.45) is 0 Å². The van der Waals surface area contributed by atoms with Gasteiger partial charge in [0, 0.05) is 13.1 Å². The monoisotopic (exact) mass is 372 g/mol. The van der Waals surface area contributed by atoms with Crippen molar-refractivity contribution in [3.05, 3.63) is 70.8 Å². The Morgan fingerprint density at radius 1 is 0.962 bits per heavy atom. The van der Waals surface area contributed by atoms with Gasteiger partial charge in [-0.1, -0.05) is 42.0 Å². The largest absolute Gasteiger partial charge is 0.273 e. The van der Waals surface area contributed by atoms with Crippen molar-refractivity contribution in [1.29, 1.82) is 0 Å². The molecule has 0 spiro atoms. The topological polar surface area (TPSA) is 83.6 Å². The quantitative estimate of drug-likeness (QED) is 0.751. The maximum Gasteiger partial charge on any atom is 0.261 e. The summed E-state index contributed by atoms with van der Waals surface area (Å²) in [4.78, 5) is 25.5. The minimum absolute atomic E-state index is 0.161. The lowest BCUT2D eigenvalue weighted by Gasteiger charge is -2.14. The smallest absolute Gasteiger partial charge is 0.261 e. The molecule has 136 valence electrons. The summed E-state index contributed by atoms with van der Waals surface area (Å²) in [5.41, 5.74) is 2.81. The molecule has 2 amide bonds. The molecular formula is C19H20N2O4S. The van der Waals surface area contributed by atoms with Gasteiger partial charge in [0.2, 0.25) is 10.0 Å². The Morgan fingerprint density at radius 3 is 2.23 bits per heavy atom. The fourth-order valence-corrected chi connectivity index (χ4v) is 3.92. The molecule has 0 atom stereocenters. The first kappa shape index (κ1) is 18.3. The van der Waals surface area contributed by atoms with Crippen LogP contribution in [0.4, 0.5) is 0 Å². The zero-order valence-corrected chi connectivity index (χ0v) is 15.3. The number of nitrogens with one attached hydrogen (secondary N) is 1. The summed E-state index contributed by atoms with van der Waals surface area (Å²) in [6.07, 6.45) is 0.577. The molecule has 7 heteroatoms. The standard InChI is InChI=1S/C19H20N2O4S/c1-14-5-4-6-15(13-14)9-10-20-26(24,25)12-11-21-18(22)16-7-2-3-8-17(16)19(21)23/h2-8,13,20H,9-12H2,1H3. The van der Waals surface area contributed by atoms with E-state index in [-0.39, 0.29) is 18.8 Å². The number of benzene rings is 2. The number of rotatable bonds is 7. The molecule has 1 aliphatic heterocycles. The van der Waals surface area contributed by atoms with Crippen molar-refractivity contribution in [2.45, 2.75) is 13.3 Å². The van der Waals surface area contributed by atoms with E-state index in [4.69, 9.17) is 0 Å². The molecular weight excluding hydrogens is 352 g/mol. The van der Waals surface area contributed by atoms with Gasteiger partial charge >= 0.3 is 0 Å². The van der Waals surface area contributed by atoms with Crippen LogP contribution in [0.5, 0.6) is 0 Å². The number of aryl methyl sites for hydroxylation is 1. The van der Waals surface area contributed by atoms with Crippen LogP contribution in [0, 0.1) is 6.92 Å². The zero-order chi connectivity index (χ0) is 18.7. The third-order valence-electron chi connectivity index (χ3n) is 4.28. The van der Waals surface area contributed by atoms with Crippen LogP contribution in [0.25, 0.3) is 0 Å². The average Bonchev–Trinajstić information content (AvgIpc) is 2.84. The predicted molar refractivity (Wildman–Crippen MR) is 98.5 cm³/mol. The van der Waals surface area contributed by atoms with Crippen molar-refractivity contribution in [3.63, 3.8) is 0 Å². The lowest BCUT2D eigenvalue weighted by atomic mass is 10.1. The number of nitrogens with zero attached hydrogens (tertiary/aromatic N) is 1. The van der Waals surface area contributed by atoms with Gasteiger partial charge < -0.3 is 0 Å². The third-order valence-corrected chi connectivity index (χ3v) is 5.64. The summed E-state index contributed by atoms with van der Waals surface area (Å²) in [6.45, 7) is 2.09. The van der Waals surface area contributed by atoms with Gasteiger partial charge in [-0.3, -0.25) is 14.5 Å². The van der Waals surface area contributed by atoms with Gasteiger partial charge in [-0.15, -0.1) is 0 Å². The van der Waals surface area contributed by atoms with Gasteiger partial charge in [0.25, 0.3) is 11.8 Å². The molecule has 0 radical (unpaired) electrons. The van der Waals surface area contributed by atoms with E-state index >= 15 is 0 Å². The van der Waals surface area contributed by atoms with Crippen molar-refractivity contribution >= 4 is 21.8 Å². The number of amides is 2. The molecule has 0 fully saturated rings. The molecule has 0 bridgehead atoms. The van der Waals surface area contributed by atoms with Crippen LogP contribution in [0.3, 0.4) is 0 Å². The highest BCUT2D eigenvalue weighted by molar-refractivity contribution is 7.89. The summed E-state index contributed by atoms with van der Waals surface area (Å²) < 4.78 is 26.9. The van der Waals surface area contributed by atoms with Gasteiger partial charge in [0.1, 0.15) is 0 Å². The second-order valence-electron chi connectivity index (χ2n) is 6.26. The van der Waals surface area contributed by atoms with Crippen LogP contribution in [-0.2, 0) is 16.4 Å². The van der Waals surface area contributed by atoms with E-state index in [1.807, 2.05) is 31.2 Å². The maximum atomic E-state index is 12.2. The number of hydrogen-bond acceptors (Lipinski definition) is 4. The zero-order valence-electron chi connectivity index (χ0n) is 14.4. The molecule has 0 aromatic heterocycles. The van der Waals surface area contributed by atoms with Crippen LogP contribution in [0.2, 0.25) is 0 Å². The number of hydrogen-bond donors (Lipinski definition) is 1. The average molecular weight is 372 g/mol. The summed E-state index contributed by atoms with van der Waals surface area (Å²) >= 11 is 0. The highest BCUT2D eigenvalue weighted by atomic mass is 32.2. The van der Waals surface area contributed by atoms with E-state index in [1.165, 1.54) is 0 Å². The Labute approximate surface area is 152 Å². The molecule has 0 saturated heterocycles. The Kier molecular flexibility index (Phi) is 5.20. The first-order chi connectivity index (χ1) is 12.4. The molecule has 2 aromatic carbocycles.